The van der Waals surface area contributed by atoms with Crippen molar-refractivity contribution in [2.75, 3.05) is 32.9 Å². The fraction of sp³-hybridized carbons (Fsp3) is 0.381. The molecule has 1 radical (unpaired) electrons. The lowest BCUT2D eigenvalue weighted by atomic mass is 10.00. The minimum atomic E-state index is 0.0150. The van der Waals surface area contributed by atoms with Crippen LogP contribution in [0.5, 0.6) is 11.5 Å². The molecule has 0 spiro atoms. The largest absolute Gasteiger partial charge is 0.494 e. The molecule has 4 nitrogen and oxygen atoms in total. The van der Waals surface area contributed by atoms with Crippen LogP contribution in [0.1, 0.15) is 18.4 Å². The standard InChI is InChI=1S/C21H26NO3/c1-16-2-5-20(24-12-9-17-8-10-22-15-17)14-21(16)18-3-6-19(7-4-18)25-13-11-23/h2-7,14,17,22-23H,1,8-13,15H2. The van der Waals surface area contributed by atoms with Gasteiger partial charge in [0.25, 0.3) is 0 Å². The summed E-state index contributed by atoms with van der Waals surface area (Å²) in [6.07, 6.45) is 2.34. The molecule has 1 fully saturated rings. The molecular weight excluding hydrogens is 314 g/mol. The van der Waals surface area contributed by atoms with E-state index >= 15 is 0 Å². The van der Waals surface area contributed by atoms with Gasteiger partial charge in [-0.2, -0.15) is 0 Å². The highest BCUT2D eigenvalue weighted by Crippen LogP contribution is 2.29. The van der Waals surface area contributed by atoms with Crippen LogP contribution in [0.3, 0.4) is 0 Å². The topological polar surface area (TPSA) is 50.7 Å². The molecule has 1 saturated heterocycles. The monoisotopic (exact) mass is 340 g/mol. The summed E-state index contributed by atoms with van der Waals surface area (Å²) in [5.41, 5.74) is 3.11. The Kier molecular flexibility index (Phi) is 6.31. The number of hydrogen-bond acceptors (Lipinski definition) is 4. The first kappa shape index (κ1) is 17.8. The molecule has 1 heterocycles. The SMILES string of the molecule is [CH2]c1ccc(OCCC2CCNC2)cc1-c1ccc(OCCO)cc1. The zero-order chi connectivity index (χ0) is 17.5. The Labute approximate surface area is 149 Å². The smallest absolute Gasteiger partial charge is 0.119 e. The van der Waals surface area contributed by atoms with Gasteiger partial charge in [-0.1, -0.05) is 18.2 Å². The molecule has 2 N–H and O–H groups in total. The Morgan fingerprint density at radius 1 is 1.04 bits per heavy atom. The zero-order valence-electron chi connectivity index (χ0n) is 14.5. The van der Waals surface area contributed by atoms with Crippen molar-refractivity contribution in [2.24, 2.45) is 5.92 Å². The molecule has 1 aliphatic rings. The predicted octanol–water partition coefficient (Wildman–Crippen LogP) is 3.29. The quantitative estimate of drug-likeness (QED) is 0.774. The van der Waals surface area contributed by atoms with Gasteiger partial charge in [0, 0.05) is 0 Å². The molecule has 1 atom stereocenters. The predicted molar refractivity (Wildman–Crippen MR) is 100 cm³/mol. The molecule has 1 aliphatic heterocycles. The second kappa shape index (κ2) is 8.88. The van der Waals surface area contributed by atoms with Gasteiger partial charge in [-0.3, -0.25) is 0 Å². The molecule has 2 aromatic rings. The summed E-state index contributed by atoms with van der Waals surface area (Å²) >= 11 is 0. The lowest BCUT2D eigenvalue weighted by Crippen LogP contribution is -2.11. The number of ether oxygens (including phenoxy) is 2. The van der Waals surface area contributed by atoms with E-state index in [0.29, 0.717) is 6.61 Å². The molecule has 0 bridgehead atoms. The molecule has 0 saturated carbocycles. The lowest BCUT2D eigenvalue weighted by Gasteiger charge is -2.13. The molecule has 3 rings (SSSR count). The number of nitrogens with one attached hydrogen (secondary N) is 1. The Morgan fingerprint density at radius 3 is 2.52 bits per heavy atom. The molecular formula is C21H26NO3. The van der Waals surface area contributed by atoms with Gasteiger partial charge in [0.2, 0.25) is 0 Å². The van der Waals surface area contributed by atoms with Gasteiger partial charge in [-0.15, -0.1) is 0 Å². The molecule has 133 valence electrons. The third-order valence-corrected chi connectivity index (χ3v) is 4.56. The Hall–Kier alpha value is -2.04. The van der Waals surface area contributed by atoms with Crippen molar-refractivity contribution in [1.29, 1.82) is 0 Å². The number of rotatable bonds is 8. The van der Waals surface area contributed by atoms with Crippen LogP contribution in [0.2, 0.25) is 0 Å². The lowest BCUT2D eigenvalue weighted by molar-refractivity contribution is 0.201. The summed E-state index contributed by atoms with van der Waals surface area (Å²) in [7, 11) is 0. The van der Waals surface area contributed by atoms with Gasteiger partial charge in [-0.05, 0) is 79.7 Å². The molecule has 1 unspecified atom stereocenters. The molecule has 25 heavy (non-hydrogen) atoms. The van der Waals surface area contributed by atoms with Crippen LogP contribution in [0, 0.1) is 12.8 Å². The average Bonchev–Trinajstić information content (AvgIpc) is 3.15. The molecule has 0 amide bonds. The van der Waals surface area contributed by atoms with Crippen molar-refractivity contribution in [3.63, 3.8) is 0 Å². The van der Waals surface area contributed by atoms with E-state index in [0.717, 1.165) is 60.2 Å². The van der Waals surface area contributed by atoms with E-state index in [2.05, 4.69) is 18.3 Å². The average molecular weight is 340 g/mol. The van der Waals surface area contributed by atoms with Crippen LogP contribution >= 0.6 is 0 Å². The van der Waals surface area contributed by atoms with E-state index in [1.54, 1.807) is 0 Å². The van der Waals surface area contributed by atoms with Gasteiger partial charge in [0.1, 0.15) is 18.1 Å². The first-order valence-corrected chi connectivity index (χ1v) is 8.90. The van der Waals surface area contributed by atoms with Crippen LogP contribution < -0.4 is 14.8 Å². The van der Waals surface area contributed by atoms with Gasteiger partial charge in [0.15, 0.2) is 0 Å². The third-order valence-electron chi connectivity index (χ3n) is 4.56. The van der Waals surface area contributed by atoms with Crippen molar-refractivity contribution in [2.45, 2.75) is 12.8 Å². The number of benzene rings is 2. The second-order valence-corrected chi connectivity index (χ2v) is 6.41. The Morgan fingerprint density at radius 2 is 1.80 bits per heavy atom. The van der Waals surface area contributed by atoms with Crippen LogP contribution in [0.25, 0.3) is 11.1 Å². The van der Waals surface area contributed by atoms with Crippen molar-refractivity contribution < 1.29 is 14.6 Å². The third kappa shape index (κ3) is 4.97. The Balaban J connectivity index is 1.64. The molecule has 2 aromatic carbocycles. The molecule has 0 aliphatic carbocycles. The highest BCUT2D eigenvalue weighted by Gasteiger charge is 2.14. The molecule has 0 aromatic heterocycles. The summed E-state index contributed by atoms with van der Waals surface area (Å²) in [4.78, 5) is 0. The summed E-state index contributed by atoms with van der Waals surface area (Å²) in [5, 5.41) is 12.2. The van der Waals surface area contributed by atoms with Crippen molar-refractivity contribution >= 4 is 0 Å². The highest BCUT2D eigenvalue weighted by molar-refractivity contribution is 5.70. The minimum absolute atomic E-state index is 0.0150. The normalized spacial score (nSPS) is 16.8. The van der Waals surface area contributed by atoms with Gasteiger partial charge < -0.3 is 19.9 Å². The zero-order valence-corrected chi connectivity index (χ0v) is 14.5. The van der Waals surface area contributed by atoms with Crippen molar-refractivity contribution in [1.82, 2.24) is 5.32 Å². The summed E-state index contributed by atoms with van der Waals surface area (Å²) < 4.78 is 11.4. The van der Waals surface area contributed by atoms with Gasteiger partial charge in [0.05, 0.1) is 13.2 Å². The van der Waals surface area contributed by atoms with E-state index in [4.69, 9.17) is 14.6 Å². The van der Waals surface area contributed by atoms with Crippen LogP contribution in [-0.4, -0.2) is 38.0 Å². The maximum Gasteiger partial charge on any atom is 0.119 e. The summed E-state index contributed by atoms with van der Waals surface area (Å²) in [5.74, 6) is 2.37. The number of aliphatic hydroxyl groups excluding tert-OH is 1. The fourth-order valence-corrected chi connectivity index (χ4v) is 3.11. The summed E-state index contributed by atoms with van der Waals surface area (Å²) in [6.45, 7) is 7.43. The first-order valence-electron chi connectivity index (χ1n) is 8.90. The maximum absolute atomic E-state index is 8.82. The van der Waals surface area contributed by atoms with Crippen LogP contribution in [-0.2, 0) is 0 Å². The van der Waals surface area contributed by atoms with Gasteiger partial charge >= 0.3 is 0 Å². The second-order valence-electron chi connectivity index (χ2n) is 6.41. The fourth-order valence-electron chi connectivity index (χ4n) is 3.11. The Bertz CT molecular complexity index is 663. The first-order chi connectivity index (χ1) is 12.3. The van der Waals surface area contributed by atoms with E-state index in [9.17, 15) is 0 Å². The minimum Gasteiger partial charge on any atom is -0.494 e. The number of hydrogen-bond donors (Lipinski definition) is 2. The van der Waals surface area contributed by atoms with Crippen LogP contribution in [0.15, 0.2) is 42.5 Å². The van der Waals surface area contributed by atoms with E-state index in [-0.39, 0.29) is 6.61 Å². The van der Waals surface area contributed by atoms with E-state index < -0.39 is 0 Å². The van der Waals surface area contributed by atoms with E-state index in [1.807, 2.05) is 36.4 Å². The van der Waals surface area contributed by atoms with Crippen LogP contribution in [0.4, 0.5) is 0 Å². The van der Waals surface area contributed by atoms with E-state index in [1.165, 1.54) is 6.42 Å². The van der Waals surface area contributed by atoms with Crippen molar-refractivity contribution in [3.8, 4) is 22.6 Å². The van der Waals surface area contributed by atoms with Crippen molar-refractivity contribution in [3.05, 3.63) is 55.0 Å². The maximum atomic E-state index is 8.82. The summed E-state index contributed by atoms with van der Waals surface area (Å²) in [6, 6.07) is 13.9. The molecule has 4 heteroatoms. The highest BCUT2D eigenvalue weighted by atomic mass is 16.5. The number of aliphatic hydroxyl groups is 1. The van der Waals surface area contributed by atoms with Gasteiger partial charge in [-0.25, -0.2) is 0 Å².